The molecule has 0 bridgehead atoms. The summed E-state index contributed by atoms with van der Waals surface area (Å²) >= 11 is 1.53. The average molecular weight is 226 g/mol. The van der Waals surface area contributed by atoms with Crippen LogP contribution in [0.1, 0.15) is 12.0 Å². The lowest BCUT2D eigenvalue weighted by Gasteiger charge is -2.04. The first-order valence-corrected chi connectivity index (χ1v) is 5.61. The highest BCUT2D eigenvalue weighted by Crippen LogP contribution is 2.46. The van der Waals surface area contributed by atoms with E-state index in [1.165, 1.54) is 23.9 Å². The summed E-state index contributed by atoms with van der Waals surface area (Å²) in [5, 5.41) is 8.90. The molecule has 1 N–H and O–H groups in total. The van der Waals surface area contributed by atoms with Crippen molar-refractivity contribution in [3.05, 3.63) is 29.6 Å². The number of carbonyl (C=O) groups is 1. The molecular formula is C11H11FO2S. The number of aliphatic carboxylic acids is 1. The minimum absolute atomic E-state index is 0.159. The average Bonchev–Trinajstić information content (AvgIpc) is 2.89. The van der Waals surface area contributed by atoms with Crippen molar-refractivity contribution in [1.29, 1.82) is 0 Å². The van der Waals surface area contributed by atoms with Gasteiger partial charge in [-0.25, -0.2) is 4.39 Å². The van der Waals surface area contributed by atoms with Gasteiger partial charge in [-0.3, -0.25) is 4.79 Å². The van der Waals surface area contributed by atoms with Crippen LogP contribution in [0.5, 0.6) is 0 Å². The molecule has 1 aliphatic rings. The fraction of sp³-hybridized carbons (Fsp3) is 0.364. The van der Waals surface area contributed by atoms with Crippen molar-refractivity contribution in [2.75, 3.05) is 0 Å². The van der Waals surface area contributed by atoms with E-state index in [0.717, 1.165) is 16.9 Å². The van der Waals surface area contributed by atoms with Crippen LogP contribution in [0.4, 0.5) is 4.39 Å². The van der Waals surface area contributed by atoms with Crippen LogP contribution >= 0.6 is 11.8 Å². The first-order valence-electron chi connectivity index (χ1n) is 4.73. The molecule has 1 aliphatic carbocycles. The third kappa shape index (κ3) is 2.31. The van der Waals surface area contributed by atoms with E-state index in [1.807, 2.05) is 6.92 Å². The number of carboxylic acid groups (broad SMARTS) is 1. The van der Waals surface area contributed by atoms with Gasteiger partial charge in [0.25, 0.3) is 0 Å². The summed E-state index contributed by atoms with van der Waals surface area (Å²) in [6.07, 6.45) is 0.719. The SMILES string of the molecule is Cc1cc(F)ccc1SC1CC1C(=O)O. The molecule has 2 nitrogen and oxygen atoms in total. The van der Waals surface area contributed by atoms with E-state index < -0.39 is 5.97 Å². The number of thioether (sulfide) groups is 1. The normalized spacial score (nSPS) is 23.9. The number of hydrogen-bond donors (Lipinski definition) is 1. The molecule has 1 fully saturated rings. The molecule has 0 heterocycles. The Hall–Kier alpha value is -1.03. The zero-order valence-corrected chi connectivity index (χ0v) is 9.05. The summed E-state index contributed by atoms with van der Waals surface area (Å²) in [5.74, 6) is -1.20. The number of rotatable bonds is 3. The fourth-order valence-electron chi connectivity index (χ4n) is 1.47. The third-order valence-electron chi connectivity index (χ3n) is 2.46. The Balaban J connectivity index is 2.04. The van der Waals surface area contributed by atoms with Gasteiger partial charge in [0.1, 0.15) is 5.82 Å². The maximum Gasteiger partial charge on any atom is 0.307 e. The lowest BCUT2D eigenvalue weighted by Crippen LogP contribution is -2.00. The Labute approximate surface area is 91.5 Å². The van der Waals surface area contributed by atoms with Gasteiger partial charge in [-0.05, 0) is 37.1 Å². The number of hydrogen-bond acceptors (Lipinski definition) is 2. The predicted octanol–water partition coefficient (Wildman–Crippen LogP) is 2.70. The molecule has 4 heteroatoms. The second-order valence-electron chi connectivity index (χ2n) is 3.75. The molecule has 0 aromatic heterocycles. The van der Waals surface area contributed by atoms with Gasteiger partial charge < -0.3 is 5.11 Å². The van der Waals surface area contributed by atoms with Crippen molar-refractivity contribution in [1.82, 2.24) is 0 Å². The zero-order chi connectivity index (χ0) is 11.0. The van der Waals surface area contributed by atoms with E-state index in [2.05, 4.69) is 0 Å². The van der Waals surface area contributed by atoms with Crippen LogP contribution in [0.3, 0.4) is 0 Å². The van der Waals surface area contributed by atoms with Crippen LogP contribution in [-0.4, -0.2) is 16.3 Å². The first-order chi connectivity index (χ1) is 7.08. The first kappa shape index (κ1) is 10.5. The molecule has 1 aromatic rings. The van der Waals surface area contributed by atoms with Crippen LogP contribution in [-0.2, 0) is 4.79 Å². The lowest BCUT2D eigenvalue weighted by molar-refractivity contribution is -0.138. The number of carboxylic acids is 1. The summed E-state index contributed by atoms with van der Waals surface area (Å²) in [6.45, 7) is 1.84. The molecule has 80 valence electrons. The van der Waals surface area contributed by atoms with Crippen LogP contribution in [0, 0.1) is 18.7 Å². The Morgan fingerprint density at radius 3 is 2.87 bits per heavy atom. The van der Waals surface area contributed by atoms with E-state index in [0.29, 0.717) is 0 Å². The van der Waals surface area contributed by atoms with Gasteiger partial charge >= 0.3 is 5.97 Å². The Kier molecular flexibility index (Phi) is 2.69. The summed E-state index contributed by atoms with van der Waals surface area (Å²) in [4.78, 5) is 11.6. The van der Waals surface area contributed by atoms with Gasteiger partial charge in [-0.1, -0.05) is 0 Å². The summed E-state index contributed by atoms with van der Waals surface area (Å²) in [6, 6.07) is 4.60. The second-order valence-corrected chi connectivity index (χ2v) is 5.03. The molecule has 15 heavy (non-hydrogen) atoms. The molecule has 2 atom stereocenters. The van der Waals surface area contributed by atoms with Crippen molar-refractivity contribution in [2.45, 2.75) is 23.5 Å². The van der Waals surface area contributed by atoms with Crippen molar-refractivity contribution in [3.8, 4) is 0 Å². The van der Waals surface area contributed by atoms with Gasteiger partial charge in [0.2, 0.25) is 0 Å². The molecule has 0 spiro atoms. The van der Waals surface area contributed by atoms with Crippen molar-refractivity contribution >= 4 is 17.7 Å². The van der Waals surface area contributed by atoms with E-state index in [1.54, 1.807) is 6.07 Å². The van der Waals surface area contributed by atoms with Crippen molar-refractivity contribution in [3.63, 3.8) is 0 Å². The van der Waals surface area contributed by atoms with Crippen molar-refractivity contribution < 1.29 is 14.3 Å². The fourth-order valence-corrected chi connectivity index (χ4v) is 2.77. The van der Waals surface area contributed by atoms with E-state index in [4.69, 9.17) is 5.11 Å². The number of aryl methyl sites for hydroxylation is 1. The summed E-state index contributed by atoms with van der Waals surface area (Å²) in [5.41, 5.74) is 0.871. The topological polar surface area (TPSA) is 37.3 Å². The molecule has 2 rings (SSSR count). The molecular weight excluding hydrogens is 215 g/mol. The Bertz CT molecular complexity index is 406. The predicted molar refractivity (Wildman–Crippen MR) is 56.5 cm³/mol. The zero-order valence-electron chi connectivity index (χ0n) is 8.24. The minimum atomic E-state index is -0.729. The molecule has 1 aromatic carbocycles. The largest absolute Gasteiger partial charge is 0.481 e. The van der Waals surface area contributed by atoms with E-state index >= 15 is 0 Å². The maximum atomic E-state index is 12.8. The van der Waals surface area contributed by atoms with E-state index in [9.17, 15) is 9.18 Å². The summed E-state index contributed by atoms with van der Waals surface area (Å²) < 4.78 is 12.8. The molecule has 0 saturated heterocycles. The van der Waals surface area contributed by atoms with Gasteiger partial charge in [0, 0.05) is 10.1 Å². The number of halogens is 1. The highest BCUT2D eigenvalue weighted by Gasteiger charge is 2.44. The Morgan fingerprint density at radius 2 is 2.33 bits per heavy atom. The van der Waals surface area contributed by atoms with Crippen LogP contribution in [0.15, 0.2) is 23.1 Å². The molecule has 0 aliphatic heterocycles. The van der Waals surface area contributed by atoms with Gasteiger partial charge in [-0.15, -0.1) is 11.8 Å². The lowest BCUT2D eigenvalue weighted by atomic mass is 10.2. The van der Waals surface area contributed by atoms with Gasteiger partial charge in [0.15, 0.2) is 0 Å². The standard InChI is InChI=1S/C11H11FO2S/c1-6-4-7(12)2-3-9(6)15-10-5-8(10)11(13)14/h2-4,8,10H,5H2,1H3,(H,13,14). The third-order valence-corrected chi connectivity index (χ3v) is 4.00. The molecule has 1 saturated carbocycles. The molecule has 2 unspecified atom stereocenters. The second kappa shape index (κ2) is 3.85. The highest BCUT2D eigenvalue weighted by atomic mass is 32.2. The summed E-state index contributed by atoms with van der Waals surface area (Å²) in [7, 11) is 0. The van der Waals surface area contributed by atoms with Crippen molar-refractivity contribution in [2.24, 2.45) is 5.92 Å². The minimum Gasteiger partial charge on any atom is -0.481 e. The van der Waals surface area contributed by atoms with Crippen LogP contribution in [0.25, 0.3) is 0 Å². The number of benzene rings is 1. The van der Waals surface area contributed by atoms with E-state index in [-0.39, 0.29) is 17.0 Å². The Morgan fingerprint density at radius 1 is 1.60 bits per heavy atom. The molecule has 0 radical (unpaired) electrons. The smallest absolute Gasteiger partial charge is 0.307 e. The maximum absolute atomic E-state index is 12.8. The highest BCUT2D eigenvalue weighted by molar-refractivity contribution is 8.00. The van der Waals surface area contributed by atoms with Gasteiger partial charge in [-0.2, -0.15) is 0 Å². The van der Waals surface area contributed by atoms with Crippen LogP contribution in [0.2, 0.25) is 0 Å². The quantitative estimate of drug-likeness (QED) is 0.861. The monoisotopic (exact) mass is 226 g/mol. The van der Waals surface area contributed by atoms with Crippen LogP contribution < -0.4 is 0 Å². The molecule has 0 amide bonds. The van der Waals surface area contributed by atoms with Gasteiger partial charge in [0.05, 0.1) is 5.92 Å².